The molecule has 2 aromatic carbocycles. The minimum absolute atomic E-state index is 0.0227. The third-order valence-corrected chi connectivity index (χ3v) is 3.56. The van der Waals surface area contributed by atoms with Gasteiger partial charge >= 0.3 is 0 Å². The number of halogens is 1. The van der Waals surface area contributed by atoms with Crippen molar-refractivity contribution in [2.24, 2.45) is 5.41 Å². The molecule has 0 amide bonds. The van der Waals surface area contributed by atoms with Crippen molar-refractivity contribution >= 4 is 11.1 Å². The molecule has 0 bridgehead atoms. The van der Waals surface area contributed by atoms with Gasteiger partial charge in [-0.15, -0.1) is 0 Å². The van der Waals surface area contributed by atoms with Gasteiger partial charge in [0, 0.05) is 5.41 Å². The Morgan fingerprint density at radius 3 is 1.75 bits per heavy atom. The van der Waals surface area contributed by atoms with Crippen LogP contribution in [0.15, 0.2) is 66.7 Å². The molecule has 1 heteroatoms. The molecule has 0 fully saturated rings. The molecule has 0 nitrogen and oxygen atoms in total. The Morgan fingerprint density at radius 2 is 1.20 bits per heavy atom. The molecule has 100 valence electrons. The van der Waals surface area contributed by atoms with Crippen LogP contribution in [0.3, 0.4) is 0 Å². The summed E-state index contributed by atoms with van der Waals surface area (Å²) in [6.07, 6.45) is 4.53. The Bertz CT molecular complexity index is 673. The molecule has 1 aliphatic rings. The number of hydrogen-bond acceptors (Lipinski definition) is 0. The first-order valence-electron chi connectivity index (χ1n) is 6.83. The van der Waals surface area contributed by atoms with Gasteiger partial charge in [-0.25, -0.2) is 4.39 Å². The molecule has 1 aliphatic carbocycles. The van der Waals surface area contributed by atoms with Crippen LogP contribution in [0.4, 0.5) is 4.39 Å². The summed E-state index contributed by atoms with van der Waals surface area (Å²) in [7, 11) is 0. The average molecular weight is 264 g/mol. The van der Waals surface area contributed by atoms with Crippen LogP contribution in [0.1, 0.15) is 25.0 Å². The van der Waals surface area contributed by atoms with Gasteiger partial charge in [0.2, 0.25) is 0 Å². The molecule has 3 rings (SSSR count). The summed E-state index contributed by atoms with van der Waals surface area (Å²) < 4.78 is 13.1. The summed E-state index contributed by atoms with van der Waals surface area (Å²) >= 11 is 0. The van der Waals surface area contributed by atoms with E-state index in [-0.39, 0.29) is 11.2 Å². The lowest BCUT2D eigenvalue weighted by Gasteiger charge is -2.09. The standard InChI is InChI=1S/C19H17F/c1-19(2)12-17(14-6-4-3-5-7-14)18(13-19)15-8-10-16(20)11-9-15/h3-13H,1-2H3. The average Bonchev–Trinajstić information content (AvgIpc) is 2.77. The lowest BCUT2D eigenvalue weighted by Crippen LogP contribution is -1.98. The molecular weight excluding hydrogens is 247 g/mol. The maximum atomic E-state index is 13.1. The molecule has 0 unspecified atom stereocenters. The summed E-state index contributed by atoms with van der Waals surface area (Å²) in [4.78, 5) is 0. The number of rotatable bonds is 2. The molecule has 20 heavy (non-hydrogen) atoms. The monoisotopic (exact) mass is 264 g/mol. The number of benzene rings is 2. The zero-order valence-corrected chi connectivity index (χ0v) is 11.7. The van der Waals surface area contributed by atoms with Gasteiger partial charge in [-0.05, 0) is 34.4 Å². The third kappa shape index (κ3) is 2.44. The maximum absolute atomic E-state index is 13.1. The van der Waals surface area contributed by atoms with Crippen LogP contribution in [0.25, 0.3) is 11.1 Å². The SMILES string of the molecule is CC1(C)C=C(c2ccccc2)C(c2ccc(F)cc2)=C1. The van der Waals surface area contributed by atoms with E-state index in [0.717, 1.165) is 5.56 Å². The van der Waals surface area contributed by atoms with E-state index in [9.17, 15) is 4.39 Å². The maximum Gasteiger partial charge on any atom is 0.123 e. The molecule has 0 radical (unpaired) electrons. The highest BCUT2D eigenvalue weighted by molar-refractivity contribution is 6.07. The summed E-state index contributed by atoms with van der Waals surface area (Å²) in [5, 5.41) is 0. The van der Waals surface area contributed by atoms with Crippen LogP contribution in [0.5, 0.6) is 0 Å². The highest BCUT2D eigenvalue weighted by atomic mass is 19.1. The van der Waals surface area contributed by atoms with E-state index in [1.165, 1.54) is 28.8 Å². The van der Waals surface area contributed by atoms with Crippen molar-refractivity contribution in [3.63, 3.8) is 0 Å². The van der Waals surface area contributed by atoms with Gasteiger partial charge in [-0.2, -0.15) is 0 Å². The first-order chi connectivity index (χ1) is 9.55. The van der Waals surface area contributed by atoms with Crippen LogP contribution in [-0.4, -0.2) is 0 Å². The Hall–Kier alpha value is -2.15. The minimum atomic E-state index is -0.197. The van der Waals surface area contributed by atoms with Gasteiger partial charge in [-0.3, -0.25) is 0 Å². The highest BCUT2D eigenvalue weighted by Gasteiger charge is 2.25. The van der Waals surface area contributed by atoms with E-state index in [1.807, 2.05) is 30.3 Å². The molecule has 0 atom stereocenters. The predicted octanol–water partition coefficient (Wildman–Crippen LogP) is 5.33. The summed E-state index contributed by atoms with van der Waals surface area (Å²) in [6, 6.07) is 17.1. The quantitative estimate of drug-likeness (QED) is 0.687. The van der Waals surface area contributed by atoms with Gasteiger partial charge in [0.25, 0.3) is 0 Å². The molecule has 0 saturated heterocycles. The first-order valence-corrected chi connectivity index (χ1v) is 6.83. The molecule has 2 aromatic rings. The van der Waals surface area contributed by atoms with Gasteiger partial charge < -0.3 is 0 Å². The van der Waals surface area contributed by atoms with Crippen LogP contribution in [0.2, 0.25) is 0 Å². The van der Waals surface area contributed by atoms with Crippen LogP contribution in [-0.2, 0) is 0 Å². The summed E-state index contributed by atoms with van der Waals surface area (Å²) in [5.41, 5.74) is 4.69. The van der Waals surface area contributed by atoms with Crippen molar-refractivity contribution in [1.82, 2.24) is 0 Å². The molecule has 0 heterocycles. The molecular formula is C19H17F. The smallest absolute Gasteiger partial charge is 0.123 e. The molecule has 0 N–H and O–H groups in total. The summed E-state index contributed by atoms with van der Waals surface area (Å²) in [6.45, 7) is 4.37. The molecule has 0 saturated carbocycles. The Balaban J connectivity index is 2.09. The van der Waals surface area contributed by atoms with E-state index in [2.05, 4.69) is 38.1 Å². The van der Waals surface area contributed by atoms with Crippen molar-refractivity contribution in [1.29, 1.82) is 0 Å². The van der Waals surface area contributed by atoms with Gasteiger partial charge in [-0.1, -0.05) is 68.5 Å². The third-order valence-electron chi connectivity index (χ3n) is 3.56. The Kier molecular flexibility index (Phi) is 3.06. The van der Waals surface area contributed by atoms with E-state index in [1.54, 1.807) is 0 Å². The second-order valence-electron chi connectivity index (χ2n) is 5.81. The normalized spacial score (nSPS) is 16.8. The van der Waals surface area contributed by atoms with Crippen LogP contribution in [0, 0.1) is 11.2 Å². The predicted molar refractivity (Wildman–Crippen MR) is 82.6 cm³/mol. The van der Waals surface area contributed by atoms with Gasteiger partial charge in [0.05, 0.1) is 0 Å². The number of allylic oxidation sites excluding steroid dienone is 4. The van der Waals surface area contributed by atoms with Crippen molar-refractivity contribution in [3.8, 4) is 0 Å². The second kappa shape index (κ2) is 4.75. The second-order valence-corrected chi connectivity index (χ2v) is 5.81. The topological polar surface area (TPSA) is 0 Å². The van der Waals surface area contributed by atoms with Gasteiger partial charge in [0.1, 0.15) is 5.82 Å². The van der Waals surface area contributed by atoms with Crippen molar-refractivity contribution in [3.05, 3.63) is 83.7 Å². The molecule has 0 aromatic heterocycles. The van der Waals surface area contributed by atoms with Crippen LogP contribution >= 0.6 is 0 Å². The lowest BCUT2D eigenvalue weighted by atomic mass is 9.95. The van der Waals surface area contributed by atoms with E-state index < -0.39 is 0 Å². The first kappa shape index (κ1) is 12.9. The Morgan fingerprint density at radius 1 is 0.700 bits per heavy atom. The zero-order valence-electron chi connectivity index (χ0n) is 11.7. The van der Waals surface area contributed by atoms with Crippen LogP contribution < -0.4 is 0 Å². The van der Waals surface area contributed by atoms with E-state index in [0.29, 0.717) is 0 Å². The summed E-state index contributed by atoms with van der Waals surface area (Å²) in [5.74, 6) is -0.197. The zero-order chi connectivity index (χ0) is 14.2. The largest absolute Gasteiger partial charge is 0.207 e. The van der Waals surface area contributed by atoms with Crippen molar-refractivity contribution in [2.45, 2.75) is 13.8 Å². The molecule has 0 spiro atoms. The molecule has 0 aliphatic heterocycles. The Labute approximate surface area is 119 Å². The lowest BCUT2D eigenvalue weighted by molar-refractivity contribution is 0.627. The fourth-order valence-corrected chi connectivity index (χ4v) is 2.67. The van der Waals surface area contributed by atoms with E-state index >= 15 is 0 Å². The van der Waals surface area contributed by atoms with Crippen molar-refractivity contribution < 1.29 is 4.39 Å². The van der Waals surface area contributed by atoms with E-state index in [4.69, 9.17) is 0 Å². The van der Waals surface area contributed by atoms with Crippen molar-refractivity contribution in [2.75, 3.05) is 0 Å². The fourth-order valence-electron chi connectivity index (χ4n) is 2.67. The minimum Gasteiger partial charge on any atom is -0.207 e. The van der Waals surface area contributed by atoms with Gasteiger partial charge in [0.15, 0.2) is 0 Å². The highest BCUT2D eigenvalue weighted by Crippen LogP contribution is 2.43. The fraction of sp³-hybridized carbons (Fsp3) is 0.158. The number of hydrogen-bond donors (Lipinski definition) is 0.